The zero-order chi connectivity index (χ0) is 29.1. The van der Waals surface area contributed by atoms with Gasteiger partial charge in [-0.05, 0) is 61.4 Å². The summed E-state index contributed by atoms with van der Waals surface area (Å²) in [5, 5.41) is 11.4. The number of esters is 1. The van der Waals surface area contributed by atoms with Crippen molar-refractivity contribution in [1.82, 2.24) is 4.98 Å². The minimum absolute atomic E-state index is 0.0893. The zero-order valence-corrected chi connectivity index (χ0v) is 23.0. The molecule has 0 bridgehead atoms. The van der Waals surface area contributed by atoms with Crippen molar-refractivity contribution in [2.24, 2.45) is 0 Å². The number of aliphatic hydroxyl groups is 1. The lowest BCUT2D eigenvalue weighted by molar-refractivity contribution is -0.132. The number of carbonyl (C=O) groups is 3. The van der Waals surface area contributed by atoms with Gasteiger partial charge in [0.05, 0.1) is 23.9 Å². The van der Waals surface area contributed by atoms with Gasteiger partial charge in [-0.25, -0.2) is 14.2 Å². The lowest BCUT2D eigenvalue weighted by atomic mass is 9.95. The fraction of sp³-hybridized carbons (Fsp3) is 0.161. The fourth-order valence-electron chi connectivity index (χ4n) is 4.50. The minimum atomic E-state index is -1.11. The molecule has 0 radical (unpaired) electrons. The van der Waals surface area contributed by atoms with E-state index in [-0.39, 0.29) is 34.4 Å². The van der Waals surface area contributed by atoms with Gasteiger partial charge in [0.15, 0.2) is 5.13 Å². The highest BCUT2D eigenvalue weighted by Crippen LogP contribution is 2.44. The van der Waals surface area contributed by atoms with E-state index in [1.807, 2.05) is 30.3 Å². The molecule has 1 unspecified atom stereocenters. The maximum Gasteiger partial charge on any atom is 0.350 e. The Hall–Kier alpha value is -4.83. The molecule has 1 aliphatic rings. The number of anilines is 1. The lowest BCUT2D eigenvalue weighted by Gasteiger charge is -2.23. The molecule has 1 atom stereocenters. The summed E-state index contributed by atoms with van der Waals surface area (Å²) in [6.45, 7) is 3.72. The monoisotopic (exact) mass is 572 g/mol. The van der Waals surface area contributed by atoms with E-state index in [4.69, 9.17) is 9.47 Å². The quantitative estimate of drug-likeness (QED) is 0.120. The van der Waals surface area contributed by atoms with E-state index in [0.29, 0.717) is 17.0 Å². The largest absolute Gasteiger partial charge is 0.507 e. The van der Waals surface area contributed by atoms with Crippen LogP contribution in [0.25, 0.3) is 5.76 Å². The van der Waals surface area contributed by atoms with Gasteiger partial charge >= 0.3 is 11.9 Å². The summed E-state index contributed by atoms with van der Waals surface area (Å²) >= 11 is 0.914. The van der Waals surface area contributed by atoms with Crippen molar-refractivity contribution in [3.8, 4) is 5.75 Å². The molecule has 1 fully saturated rings. The number of rotatable bonds is 8. The summed E-state index contributed by atoms with van der Waals surface area (Å²) in [6.07, 6.45) is 0. The molecule has 1 saturated heterocycles. The number of aliphatic hydroxyl groups excluding tert-OH is 1. The number of benzene rings is 3. The van der Waals surface area contributed by atoms with Gasteiger partial charge in [0, 0.05) is 5.56 Å². The summed E-state index contributed by atoms with van der Waals surface area (Å²) in [6, 6.07) is 20.2. The number of thiazole rings is 1. The highest BCUT2D eigenvalue weighted by Gasteiger charge is 2.48. The predicted octanol–water partition coefficient (Wildman–Crippen LogP) is 5.97. The SMILES string of the molecule is CCOC(=O)c1sc(N2C(=O)C(=O)/C(=C(/O)c3ccc(F)cc3)C2c2cccc(OCc3ccccc3)c2)nc1C. The van der Waals surface area contributed by atoms with Gasteiger partial charge in [-0.15, -0.1) is 0 Å². The van der Waals surface area contributed by atoms with E-state index in [1.54, 1.807) is 38.1 Å². The summed E-state index contributed by atoms with van der Waals surface area (Å²) in [4.78, 5) is 45.2. The molecule has 1 aliphatic heterocycles. The number of aryl methyl sites for hydroxylation is 1. The van der Waals surface area contributed by atoms with Gasteiger partial charge in [-0.3, -0.25) is 14.5 Å². The number of halogens is 1. The number of hydrogen-bond acceptors (Lipinski definition) is 8. The van der Waals surface area contributed by atoms with Gasteiger partial charge in [0.2, 0.25) is 0 Å². The number of carbonyl (C=O) groups excluding carboxylic acids is 3. The first-order valence-electron chi connectivity index (χ1n) is 12.8. The number of Topliss-reactive ketones (excluding diaryl/α,β-unsaturated/α-hetero) is 1. The summed E-state index contributed by atoms with van der Waals surface area (Å²) in [7, 11) is 0. The topological polar surface area (TPSA) is 106 Å². The molecular weight excluding hydrogens is 547 g/mol. The molecule has 3 aromatic carbocycles. The minimum Gasteiger partial charge on any atom is -0.507 e. The molecule has 41 heavy (non-hydrogen) atoms. The van der Waals surface area contributed by atoms with Crippen molar-refractivity contribution >= 4 is 39.9 Å². The molecule has 8 nitrogen and oxygen atoms in total. The van der Waals surface area contributed by atoms with Crippen molar-refractivity contribution in [1.29, 1.82) is 0 Å². The highest BCUT2D eigenvalue weighted by molar-refractivity contribution is 7.17. The second kappa shape index (κ2) is 11.7. The standard InChI is InChI=1S/C31H25FN2O6S/c1-3-39-30(38)28-18(2)33-31(41-28)34-25(21-10-7-11-23(16-21)40-17-19-8-5-4-6-9-19)24(27(36)29(34)37)26(35)20-12-14-22(32)15-13-20/h4-16,25,35H,3,17H2,1-2H3/b26-24+. The predicted molar refractivity (Wildman–Crippen MR) is 151 cm³/mol. The number of hydrogen-bond donors (Lipinski definition) is 1. The van der Waals surface area contributed by atoms with Crippen LogP contribution >= 0.6 is 11.3 Å². The highest BCUT2D eigenvalue weighted by atomic mass is 32.1. The van der Waals surface area contributed by atoms with Crippen LogP contribution < -0.4 is 9.64 Å². The van der Waals surface area contributed by atoms with E-state index >= 15 is 0 Å². The second-order valence-electron chi connectivity index (χ2n) is 9.15. The maximum absolute atomic E-state index is 13.6. The Labute approximate surface area is 239 Å². The van der Waals surface area contributed by atoms with Crippen LogP contribution in [0.4, 0.5) is 9.52 Å². The Balaban J connectivity index is 1.61. The van der Waals surface area contributed by atoms with E-state index in [1.165, 1.54) is 12.1 Å². The first-order chi connectivity index (χ1) is 19.8. The van der Waals surface area contributed by atoms with E-state index < -0.39 is 35.3 Å². The summed E-state index contributed by atoms with van der Waals surface area (Å²) in [5.41, 5.74) is 1.71. The van der Waals surface area contributed by atoms with Crippen LogP contribution in [0.15, 0.2) is 84.4 Å². The zero-order valence-electron chi connectivity index (χ0n) is 22.2. The third-order valence-corrected chi connectivity index (χ3v) is 7.57. The summed E-state index contributed by atoms with van der Waals surface area (Å²) < 4.78 is 24.7. The molecule has 5 rings (SSSR count). The molecule has 208 valence electrons. The fourth-order valence-corrected chi connectivity index (χ4v) is 5.48. The average molecular weight is 573 g/mol. The third kappa shape index (κ3) is 5.59. The molecule has 1 aromatic heterocycles. The summed E-state index contributed by atoms with van der Waals surface area (Å²) in [5.74, 6) is -2.99. The van der Waals surface area contributed by atoms with Gasteiger partial charge in [-0.1, -0.05) is 53.8 Å². The normalized spacial score (nSPS) is 16.2. The lowest BCUT2D eigenvalue weighted by Crippen LogP contribution is -2.29. The van der Waals surface area contributed by atoms with Crippen molar-refractivity contribution < 1.29 is 33.4 Å². The maximum atomic E-state index is 13.6. The molecule has 1 N–H and O–H groups in total. The Morgan fingerprint density at radius 3 is 2.49 bits per heavy atom. The Kier molecular flexibility index (Phi) is 7.93. The first-order valence-corrected chi connectivity index (χ1v) is 13.6. The van der Waals surface area contributed by atoms with Gasteiger partial charge in [-0.2, -0.15) is 0 Å². The molecule has 0 aliphatic carbocycles. The Morgan fingerprint density at radius 1 is 1.05 bits per heavy atom. The van der Waals surface area contributed by atoms with Crippen molar-refractivity contribution in [3.63, 3.8) is 0 Å². The Bertz CT molecular complexity index is 1650. The van der Waals surface area contributed by atoms with E-state index in [9.17, 15) is 23.9 Å². The van der Waals surface area contributed by atoms with Crippen molar-refractivity contribution in [2.45, 2.75) is 26.5 Å². The van der Waals surface area contributed by atoms with Gasteiger partial charge in [0.1, 0.15) is 28.8 Å². The molecule has 0 spiro atoms. The van der Waals surface area contributed by atoms with E-state index in [2.05, 4.69) is 4.98 Å². The van der Waals surface area contributed by atoms with E-state index in [0.717, 1.165) is 33.9 Å². The number of ketones is 1. The van der Waals surface area contributed by atoms with Crippen LogP contribution in [0.1, 0.15) is 45.0 Å². The second-order valence-corrected chi connectivity index (χ2v) is 10.1. The van der Waals surface area contributed by atoms with Crippen LogP contribution in [0.2, 0.25) is 0 Å². The molecule has 0 saturated carbocycles. The molecule has 1 amide bonds. The number of aromatic nitrogens is 1. The third-order valence-electron chi connectivity index (χ3n) is 6.44. The van der Waals surface area contributed by atoms with Crippen LogP contribution in [0.3, 0.4) is 0 Å². The number of ether oxygens (including phenoxy) is 2. The van der Waals surface area contributed by atoms with Gasteiger partial charge in [0.25, 0.3) is 5.78 Å². The smallest absolute Gasteiger partial charge is 0.350 e. The van der Waals surface area contributed by atoms with Gasteiger partial charge < -0.3 is 14.6 Å². The number of nitrogens with zero attached hydrogens (tertiary/aromatic N) is 2. The first kappa shape index (κ1) is 27.7. The van der Waals surface area contributed by atoms with Crippen molar-refractivity contribution in [2.75, 3.05) is 11.5 Å². The Morgan fingerprint density at radius 2 is 1.78 bits per heavy atom. The van der Waals surface area contributed by atoms with Crippen LogP contribution in [-0.2, 0) is 20.9 Å². The average Bonchev–Trinajstić information content (AvgIpc) is 3.49. The van der Waals surface area contributed by atoms with Crippen molar-refractivity contribution in [3.05, 3.63) is 118 Å². The molecular formula is C31H25FN2O6S. The van der Waals surface area contributed by atoms with Crippen LogP contribution in [-0.4, -0.2) is 34.4 Å². The molecule has 2 heterocycles. The van der Waals surface area contributed by atoms with Crippen LogP contribution in [0.5, 0.6) is 5.75 Å². The number of amides is 1. The molecule has 4 aromatic rings. The molecule has 10 heteroatoms. The van der Waals surface area contributed by atoms with Crippen LogP contribution in [0, 0.1) is 12.7 Å².